The average Bonchev–Trinajstić information content (AvgIpc) is 3.26. The molecule has 6 heteroatoms. The Morgan fingerprint density at radius 1 is 1.15 bits per heavy atom. The van der Waals surface area contributed by atoms with Crippen molar-refractivity contribution in [2.24, 2.45) is 0 Å². The zero-order valence-corrected chi connectivity index (χ0v) is 15.3. The van der Waals surface area contributed by atoms with Crippen LogP contribution in [0, 0.1) is 20.8 Å². The number of furan rings is 1. The van der Waals surface area contributed by atoms with Crippen LogP contribution in [0.3, 0.4) is 0 Å². The summed E-state index contributed by atoms with van der Waals surface area (Å²) in [6.45, 7) is 6.94. The van der Waals surface area contributed by atoms with Gasteiger partial charge >= 0.3 is 0 Å². The number of nitrogens with zero attached hydrogens (tertiary/aromatic N) is 2. The summed E-state index contributed by atoms with van der Waals surface area (Å²) in [6.07, 6.45) is 3.09. The fourth-order valence-corrected chi connectivity index (χ4v) is 3.10. The molecule has 3 rings (SSSR count). The van der Waals surface area contributed by atoms with E-state index in [0.29, 0.717) is 36.9 Å². The lowest BCUT2D eigenvalue weighted by Gasteiger charge is -2.12. The van der Waals surface area contributed by atoms with Gasteiger partial charge in [0.05, 0.1) is 6.26 Å². The van der Waals surface area contributed by atoms with Crippen molar-refractivity contribution in [3.05, 3.63) is 58.7 Å². The summed E-state index contributed by atoms with van der Waals surface area (Å²) in [6, 6.07) is 7.87. The molecule has 0 unspecified atom stereocenters. The van der Waals surface area contributed by atoms with Crippen molar-refractivity contribution in [3.8, 4) is 11.6 Å². The number of amides is 1. The third-order valence-electron chi connectivity index (χ3n) is 4.31. The predicted molar refractivity (Wildman–Crippen MR) is 97.7 cm³/mol. The maximum Gasteiger partial charge on any atom is 0.238 e. The summed E-state index contributed by atoms with van der Waals surface area (Å²) < 4.78 is 10.4. The van der Waals surface area contributed by atoms with Crippen molar-refractivity contribution < 1.29 is 13.7 Å². The molecule has 1 N–H and O–H groups in total. The number of rotatable bonds is 7. The van der Waals surface area contributed by atoms with Crippen LogP contribution in [0.15, 0.2) is 39.5 Å². The summed E-state index contributed by atoms with van der Waals surface area (Å²) in [5.41, 5.74) is 5.11. The van der Waals surface area contributed by atoms with E-state index in [2.05, 4.69) is 48.4 Å². The molecule has 136 valence electrons. The molecular formula is C20H23N3O3. The van der Waals surface area contributed by atoms with E-state index < -0.39 is 0 Å². The molecular weight excluding hydrogens is 330 g/mol. The maximum absolute atomic E-state index is 12.0. The lowest BCUT2D eigenvalue weighted by atomic mass is 9.97. The standard InChI is InChI=1S/C20H23N3O3/c1-13-11-14(2)16(15(3)12-13)8-9-21-18(24)6-7-19-22-20(23-26-19)17-5-4-10-25-17/h4-5,10-12H,6-9H2,1-3H3,(H,21,24). The van der Waals surface area contributed by atoms with E-state index >= 15 is 0 Å². The number of hydrogen-bond acceptors (Lipinski definition) is 5. The van der Waals surface area contributed by atoms with E-state index in [4.69, 9.17) is 8.94 Å². The molecule has 2 aromatic heterocycles. The Labute approximate surface area is 152 Å². The van der Waals surface area contributed by atoms with Gasteiger partial charge in [-0.25, -0.2) is 0 Å². The van der Waals surface area contributed by atoms with Crippen LogP contribution in [-0.2, 0) is 17.6 Å². The van der Waals surface area contributed by atoms with Crippen molar-refractivity contribution in [2.75, 3.05) is 6.54 Å². The van der Waals surface area contributed by atoms with Crippen LogP contribution in [0.4, 0.5) is 0 Å². The molecule has 0 spiro atoms. The second kappa shape index (κ2) is 7.99. The van der Waals surface area contributed by atoms with Crippen molar-refractivity contribution in [3.63, 3.8) is 0 Å². The van der Waals surface area contributed by atoms with Crippen LogP contribution in [0.1, 0.15) is 34.6 Å². The molecule has 0 fully saturated rings. The van der Waals surface area contributed by atoms with Gasteiger partial charge in [-0.15, -0.1) is 0 Å². The second-order valence-corrected chi connectivity index (χ2v) is 6.47. The zero-order chi connectivity index (χ0) is 18.5. The van der Waals surface area contributed by atoms with Crippen LogP contribution >= 0.6 is 0 Å². The van der Waals surface area contributed by atoms with E-state index in [0.717, 1.165) is 6.42 Å². The fraction of sp³-hybridized carbons (Fsp3) is 0.350. The Balaban J connectivity index is 1.45. The monoisotopic (exact) mass is 353 g/mol. The van der Waals surface area contributed by atoms with Gasteiger partial charge in [0.25, 0.3) is 0 Å². The number of hydrogen-bond donors (Lipinski definition) is 1. The third-order valence-corrected chi connectivity index (χ3v) is 4.31. The van der Waals surface area contributed by atoms with Crippen LogP contribution in [0.2, 0.25) is 0 Å². The van der Waals surface area contributed by atoms with E-state index in [-0.39, 0.29) is 5.91 Å². The number of benzene rings is 1. The van der Waals surface area contributed by atoms with Crippen molar-refractivity contribution in [1.29, 1.82) is 0 Å². The van der Waals surface area contributed by atoms with Crippen LogP contribution in [-0.4, -0.2) is 22.6 Å². The molecule has 0 radical (unpaired) electrons. The first kappa shape index (κ1) is 17.9. The fourth-order valence-electron chi connectivity index (χ4n) is 3.10. The van der Waals surface area contributed by atoms with Crippen molar-refractivity contribution in [1.82, 2.24) is 15.5 Å². The molecule has 6 nitrogen and oxygen atoms in total. The highest BCUT2D eigenvalue weighted by Crippen LogP contribution is 2.17. The molecule has 0 saturated carbocycles. The van der Waals surface area contributed by atoms with Gasteiger partial charge in [-0.05, 0) is 56.0 Å². The van der Waals surface area contributed by atoms with Gasteiger partial charge in [0.2, 0.25) is 17.6 Å². The Bertz CT molecular complexity index is 859. The number of aryl methyl sites for hydroxylation is 4. The molecule has 0 saturated heterocycles. The number of carbonyl (C=O) groups excluding carboxylic acids is 1. The Kier molecular flexibility index (Phi) is 5.51. The minimum absolute atomic E-state index is 0.0230. The molecule has 0 aliphatic carbocycles. The minimum Gasteiger partial charge on any atom is -0.461 e. The summed E-state index contributed by atoms with van der Waals surface area (Å²) >= 11 is 0. The van der Waals surface area contributed by atoms with Crippen LogP contribution < -0.4 is 5.32 Å². The minimum atomic E-state index is -0.0230. The lowest BCUT2D eigenvalue weighted by Crippen LogP contribution is -2.26. The number of nitrogens with one attached hydrogen (secondary N) is 1. The molecule has 1 amide bonds. The highest BCUT2D eigenvalue weighted by molar-refractivity contribution is 5.76. The topological polar surface area (TPSA) is 81.2 Å². The molecule has 3 aromatic rings. The first-order chi connectivity index (χ1) is 12.5. The van der Waals surface area contributed by atoms with Gasteiger partial charge in [-0.1, -0.05) is 22.9 Å². The van der Waals surface area contributed by atoms with Gasteiger partial charge in [0.1, 0.15) is 0 Å². The van der Waals surface area contributed by atoms with Crippen molar-refractivity contribution in [2.45, 2.75) is 40.0 Å². The normalized spacial score (nSPS) is 10.9. The van der Waals surface area contributed by atoms with Crippen LogP contribution in [0.5, 0.6) is 0 Å². The molecule has 0 bridgehead atoms. The Morgan fingerprint density at radius 3 is 2.62 bits per heavy atom. The quantitative estimate of drug-likeness (QED) is 0.702. The average molecular weight is 353 g/mol. The molecule has 2 heterocycles. The summed E-state index contributed by atoms with van der Waals surface area (Å²) in [5.74, 6) is 1.35. The Hall–Kier alpha value is -2.89. The molecule has 0 atom stereocenters. The van der Waals surface area contributed by atoms with Gasteiger partial charge in [-0.2, -0.15) is 4.98 Å². The zero-order valence-electron chi connectivity index (χ0n) is 15.3. The van der Waals surface area contributed by atoms with Gasteiger partial charge < -0.3 is 14.3 Å². The first-order valence-electron chi connectivity index (χ1n) is 8.73. The summed E-state index contributed by atoms with van der Waals surface area (Å²) in [5, 5.41) is 6.81. The van der Waals surface area contributed by atoms with Crippen molar-refractivity contribution >= 4 is 5.91 Å². The lowest BCUT2D eigenvalue weighted by molar-refractivity contribution is -0.121. The van der Waals surface area contributed by atoms with Crippen LogP contribution in [0.25, 0.3) is 11.6 Å². The number of aromatic nitrogens is 2. The maximum atomic E-state index is 12.0. The molecule has 1 aromatic carbocycles. The van der Waals surface area contributed by atoms with E-state index in [1.807, 2.05) is 0 Å². The summed E-state index contributed by atoms with van der Waals surface area (Å²) in [7, 11) is 0. The van der Waals surface area contributed by atoms with E-state index in [9.17, 15) is 4.79 Å². The highest BCUT2D eigenvalue weighted by atomic mass is 16.5. The van der Waals surface area contributed by atoms with Gasteiger partial charge in [0.15, 0.2) is 5.76 Å². The first-order valence-corrected chi connectivity index (χ1v) is 8.73. The third kappa shape index (κ3) is 4.39. The van der Waals surface area contributed by atoms with E-state index in [1.165, 1.54) is 22.3 Å². The molecule has 0 aliphatic heterocycles. The number of carbonyl (C=O) groups is 1. The molecule has 0 aliphatic rings. The van der Waals surface area contributed by atoms with Gasteiger partial charge in [0, 0.05) is 19.4 Å². The Morgan fingerprint density at radius 2 is 1.92 bits per heavy atom. The highest BCUT2D eigenvalue weighted by Gasteiger charge is 2.12. The van der Waals surface area contributed by atoms with Gasteiger partial charge in [-0.3, -0.25) is 4.79 Å². The predicted octanol–water partition coefficient (Wildman–Crippen LogP) is 3.55. The smallest absolute Gasteiger partial charge is 0.238 e. The molecule has 26 heavy (non-hydrogen) atoms. The summed E-state index contributed by atoms with van der Waals surface area (Å²) in [4.78, 5) is 16.3. The van der Waals surface area contributed by atoms with E-state index in [1.54, 1.807) is 18.4 Å². The SMILES string of the molecule is Cc1cc(C)c(CCNC(=O)CCc2nc(-c3ccco3)no2)c(C)c1. The second-order valence-electron chi connectivity index (χ2n) is 6.47. The largest absolute Gasteiger partial charge is 0.461 e.